The SMILES string of the molecule is COCC(C)N(C)C(C)CC(C)(CO)NC(C)C. The van der Waals surface area contributed by atoms with Crippen LogP contribution in [0.1, 0.15) is 41.0 Å². The van der Waals surface area contributed by atoms with Crippen molar-refractivity contribution in [1.29, 1.82) is 0 Å². The first-order valence-corrected chi connectivity index (χ1v) is 6.85. The monoisotopic (exact) mass is 260 g/mol. The molecule has 0 aromatic rings. The molecule has 3 atom stereocenters. The van der Waals surface area contributed by atoms with Crippen molar-refractivity contribution in [1.82, 2.24) is 10.2 Å². The molecule has 2 N–H and O–H groups in total. The molecule has 0 rings (SSSR count). The maximum absolute atomic E-state index is 9.60. The molecule has 0 bridgehead atoms. The average Bonchev–Trinajstić information content (AvgIpc) is 2.27. The quantitative estimate of drug-likeness (QED) is 0.659. The van der Waals surface area contributed by atoms with Crippen LogP contribution >= 0.6 is 0 Å². The van der Waals surface area contributed by atoms with Crippen LogP contribution in [0.3, 0.4) is 0 Å². The van der Waals surface area contributed by atoms with Crippen LogP contribution in [0.25, 0.3) is 0 Å². The van der Waals surface area contributed by atoms with Gasteiger partial charge in [0.1, 0.15) is 0 Å². The Bertz CT molecular complexity index is 224. The largest absolute Gasteiger partial charge is 0.394 e. The first kappa shape index (κ1) is 17.8. The van der Waals surface area contributed by atoms with Crippen LogP contribution in [-0.2, 0) is 4.74 Å². The van der Waals surface area contributed by atoms with Crippen LogP contribution in [0.4, 0.5) is 0 Å². The molecule has 0 aliphatic rings. The Morgan fingerprint density at radius 1 is 1.22 bits per heavy atom. The molecule has 0 heterocycles. The van der Waals surface area contributed by atoms with E-state index in [-0.39, 0.29) is 12.1 Å². The van der Waals surface area contributed by atoms with Gasteiger partial charge in [0, 0.05) is 30.8 Å². The molecule has 3 unspecified atom stereocenters. The molecular weight excluding hydrogens is 228 g/mol. The van der Waals surface area contributed by atoms with E-state index >= 15 is 0 Å². The molecule has 110 valence electrons. The van der Waals surface area contributed by atoms with Crippen molar-refractivity contribution >= 4 is 0 Å². The second-order valence-corrected chi connectivity index (χ2v) is 6.04. The van der Waals surface area contributed by atoms with Gasteiger partial charge in [-0.1, -0.05) is 13.8 Å². The Hall–Kier alpha value is -0.160. The summed E-state index contributed by atoms with van der Waals surface area (Å²) in [5, 5.41) is 13.1. The Labute approximate surface area is 113 Å². The minimum atomic E-state index is -0.228. The number of aliphatic hydroxyl groups excluding tert-OH is 1. The molecule has 4 heteroatoms. The van der Waals surface area contributed by atoms with Crippen molar-refractivity contribution in [3.05, 3.63) is 0 Å². The van der Waals surface area contributed by atoms with Crippen molar-refractivity contribution in [3.8, 4) is 0 Å². The molecular formula is C14H32N2O2. The first-order chi connectivity index (χ1) is 8.25. The summed E-state index contributed by atoms with van der Waals surface area (Å²) in [4.78, 5) is 2.30. The molecule has 0 aromatic heterocycles. The number of hydrogen-bond donors (Lipinski definition) is 2. The zero-order valence-corrected chi connectivity index (χ0v) is 13.2. The van der Waals surface area contributed by atoms with Crippen LogP contribution in [0.5, 0.6) is 0 Å². The van der Waals surface area contributed by atoms with Gasteiger partial charge in [0.05, 0.1) is 13.2 Å². The van der Waals surface area contributed by atoms with E-state index in [4.69, 9.17) is 4.74 Å². The predicted octanol–water partition coefficient (Wildman–Crippen LogP) is 1.48. The molecule has 0 saturated carbocycles. The van der Waals surface area contributed by atoms with Crippen molar-refractivity contribution in [3.63, 3.8) is 0 Å². The van der Waals surface area contributed by atoms with Gasteiger partial charge < -0.3 is 15.2 Å². The van der Waals surface area contributed by atoms with Gasteiger partial charge in [-0.05, 0) is 34.2 Å². The Morgan fingerprint density at radius 2 is 1.78 bits per heavy atom. The highest BCUT2D eigenvalue weighted by molar-refractivity contribution is 4.88. The fraction of sp³-hybridized carbons (Fsp3) is 1.00. The molecule has 0 fully saturated rings. The molecule has 0 spiro atoms. The van der Waals surface area contributed by atoms with Gasteiger partial charge in [-0.2, -0.15) is 0 Å². The van der Waals surface area contributed by atoms with Crippen molar-refractivity contribution in [2.75, 3.05) is 27.4 Å². The number of methoxy groups -OCH3 is 1. The van der Waals surface area contributed by atoms with Gasteiger partial charge in [-0.3, -0.25) is 4.90 Å². The standard InChI is InChI=1S/C14H32N2O2/c1-11(2)15-14(5,10-17)8-12(3)16(6)13(4)9-18-7/h11-13,15,17H,8-10H2,1-7H3. The molecule has 4 nitrogen and oxygen atoms in total. The summed E-state index contributed by atoms with van der Waals surface area (Å²) in [5.74, 6) is 0. The zero-order valence-electron chi connectivity index (χ0n) is 13.2. The number of aliphatic hydroxyl groups is 1. The lowest BCUT2D eigenvalue weighted by molar-refractivity contribution is 0.0678. The van der Waals surface area contributed by atoms with E-state index in [2.05, 4.69) is 51.9 Å². The lowest BCUT2D eigenvalue weighted by Gasteiger charge is -2.38. The second kappa shape index (κ2) is 8.10. The number of ether oxygens (including phenoxy) is 1. The molecule has 0 aliphatic heterocycles. The maximum Gasteiger partial charge on any atom is 0.0615 e. The molecule has 0 radical (unpaired) electrons. The van der Waals surface area contributed by atoms with Crippen LogP contribution in [0.15, 0.2) is 0 Å². The summed E-state index contributed by atoms with van der Waals surface area (Å²) in [6, 6.07) is 1.14. The minimum absolute atomic E-state index is 0.155. The third-order valence-electron chi connectivity index (χ3n) is 3.53. The highest BCUT2D eigenvalue weighted by Gasteiger charge is 2.29. The lowest BCUT2D eigenvalue weighted by atomic mass is 9.92. The fourth-order valence-electron chi connectivity index (χ4n) is 2.46. The van der Waals surface area contributed by atoms with E-state index in [1.54, 1.807) is 7.11 Å². The number of hydrogen-bond acceptors (Lipinski definition) is 4. The predicted molar refractivity (Wildman–Crippen MR) is 76.9 cm³/mol. The Morgan fingerprint density at radius 3 is 2.17 bits per heavy atom. The van der Waals surface area contributed by atoms with Gasteiger partial charge in [-0.15, -0.1) is 0 Å². The van der Waals surface area contributed by atoms with Gasteiger partial charge in [0.25, 0.3) is 0 Å². The van der Waals surface area contributed by atoms with E-state index in [1.165, 1.54) is 0 Å². The third-order valence-corrected chi connectivity index (χ3v) is 3.53. The molecule has 18 heavy (non-hydrogen) atoms. The zero-order chi connectivity index (χ0) is 14.3. The number of rotatable bonds is 9. The molecule has 0 aromatic carbocycles. The maximum atomic E-state index is 9.60. The smallest absolute Gasteiger partial charge is 0.0615 e. The highest BCUT2D eigenvalue weighted by atomic mass is 16.5. The van der Waals surface area contributed by atoms with Crippen molar-refractivity contribution in [2.24, 2.45) is 0 Å². The van der Waals surface area contributed by atoms with Crippen LogP contribution in [0.2, 0.25) is 0 Å². The van der Waals surface area contributed by atoms with E-state index in [0.29, 0.717) is 18.1 Å². The number of likely N-dealkylation sites (N-methyl/N-ethyl adjacent to an activating group) is 1. The fourth-order valence-corrected chi connectivity index (χ4v) is 2.46. The van der Waals surface area contributed by atoms with Gasteiger partial charge >= 0.3 is 0 Å². The summed E-state index contributed by atoms with van der Waals surface area (Å²) >= 11 is 0. The summed E-state index contributed by atoms with van der Waals surface area (Å²) in [6.07, 6.45) is 0.909. The first-order valence-electron chi connectivity index (χ1n) is 6.85. The highest BCUT2D eigenvalue weighted by Crippen LogP contribution is 2.17. The second-order valence-electron chi connectivity index (χ2n) is 6.04. The summed E-state index contributed by atoms with van der Waals surface area (Å²) in [6.45, 7) is 11.5. The van der Waals surface area contributed by atoms with Crippen LogP contribution < -0.4 is 5.32 Å². The Kier molecular flexibility index (Phi) is 8.03. The van der Waals surface area contributed by atoms with Crippen LogP contribution in [-0.4, -0.2) is 61.0 Å². The van der Waals surface area contributed by atoms with E-state index in [0.717, 1.165) is 13.0 Å². The molecule has 0 amide bonds. The normalized spacial score (nSPS) is 19.0. The molecule has 0 saturated heterocycles. The number of nitrogens with one attached hydrogen (secondary N) is 1. The Balaban J connectivity index is 4.45. The molecule has 0 aliphatic carbocycles. The number of nitrogens with zero attached hydrogens (tertiary/aromatic N) is 1. The summed E-state index contributed by atoms with van der Waals surface area (Å²) in [5.41, 5.74) is -0.228. The van der Waals surface area contributed by atoms with Gasteiger partial charge in [0.2, 0.25) is 0 Å². The van der Waals surface area contributed by atoms with Crippen LogP contribution in [0, 0.1) is 0 Å². The average molecular weight is 260 g/mol. The summed E-state index contributed by atoms with van der Waals surface area (Å²) in [7, 11) is 3.84. The van der Waals surface area contributed by atoms with E-state index in [1.807, 2.05) is 0 Å². The van der Waals surface area contributed by atoms with Gasteiger partial charge in [-0.25, -0.2) is 0 Å². The minimum Gasteiger partial charge on any atom is -0.394 e. The van der Waals surface area contributed by atoms with Crippen molar-refractivity contribution in [2.45, 2.75) is 64.7 Å². The third kappa shape index (κ3) is 6.14. The lowest BCUT2D eigenvalue weighted by Crippen LogP contribution is -2.53. The van der Waals surface area contributed by atoms with Crippen molar-refractivity contribution < 1.29 is 9.84 Å². The summed E-state index contributed by atoms with van der Waals surface area (Å²) < 4.78 is 5.19. The van der Waals surface area contributed by atoms with E-state index < -0.39 is 0 Å². The topological polar surface area (TPSA) is 44.7 Å². The van der Waals surface area contributed by atoms with E-state index in [9.17, 15) is 5.11 Å². The van der Waals surface area contributed by atoms with Gasteiger partial charge in [0.15, 0.2) is 0 Å².